The summed E-state index contributed by atoms with van der Waals surface area (Å²) in [6.07, 6.45) is -0.515. The summed E-state index contributed by atoms with van der Waals surface area (Å²) >= 11 is 0. The molecule has 3 rings (SSSR count). The molecule has 0 unspecified atom stereocenters. The van der Waals surface area contributed by atoms with Crippen molar-refractivity contribution in [2.24, 2.45) is 11.1 Å². The number of halogens is 1. The van der Waals surface area contributed by atoms with Crippen molar-refractivity contribution in [1.29, 1.82) is 0 Å². The second-order valence-corrected chi connectivity index (χ2v) is 7.63. The van der Waals surface area contributed by atoms with Crippen LogP contribution in [0.5, 0.6) is 0 Å². The number of carbonyl (C=O) groups is 2. The summed E-state index contributed by atoms with van der Waals surface area (Å²) in [4.78, 5) is 34.2. The number of rotatable bonds is 8. The van der Waals surface area contributed by atoms with E-state index in [4.69, 9.17) is 9.94 Å². The predicted molar refractivity (Wildman–Crippen MR) is 108 cm³/mol. The molecule has 30 heavy (non-hydrogen) atoms. The van der Waals surface area contributed by atoms with Crippen LogP contribution in [0.3, 0.4) is 0 Å². The molecule has 1 aromatic heterocycles. The standard InChI is InChI=1S/C21H24FN3O5/c1-12(2)21(20(29)24-15(9-18(27)28)17(26)11-22)10-16(25-30-21)19-14-6-4-3-5-13(14)7-8-23-19/h3-8,12,15,17,26H,9-11H2,1-2H3,(H,24,29)(H,27,28)/t15-,17+,21-/m1/s1. The molecular formula is C21H24FN3O5. The Hall–Kier alpha value is -3.07. The first kappa shape index (κ1) is 21.6. The molecular weight excluding hydrogens is 393 g/mol. The van der Waals surface area contributed by atoms with Crippen LogP contribution in [0.15, 0.2) is 41.7 Å². The zero-order chi connectivity index (χ0) is 21.9. The molecule has 0 spiro atoms. The first-order valence-corrected chi connectivity index (χ1v) is 9.64. The number of hydrogen-bond acceptors (Lipinski definition) is 6. The van der Waals surface area contributed by atoms with Crippen molar-refractivity contribution >= 4 is 28.4 Å². The SMILES string of the molecule is CC(C)[C@@]1(C(=O)N[C@H](CC(=O)O)[C@@H](O)CF)CC(c2nccc3ccccc23)=NO1. The number of carbonyl (C=O) groups excluding carboxylic acids is 1. The predicted octanol–water partition coefficient (Wildman–Crippen LogP) is 2.04. The lowest BCUT2D eigenvalue weighted by atomic mass is 9.83. The summed E-state index contributed by atoms with van der Waals surface area (Å²) in [6.45, 7) is 2.36. The molecule has 0 fully saturated rings. The van der Waals surface area contributed by atoms with Gasteiger partial charge in [-0.05, 0) is 11.5 Å². The zero-order valence-corrected chi connectivity index (χ0v) is 16.7. The fourth-order valence-electron chi connectivity index (χ4n) is 3.49. The smallest absolute Gasteiger partial charge is 0.305 e. The average Bonchev–Trinajstić information content (AvgIpc) is 3.18. The van der Waals surface area contributed by atoms with Crippen LogP contribution < -0.4 is 5.32 Å². The van der Waals surface area contributed by atoms with Crippen LogP contribution >= 0.6 is 0 Å². The van der Waals surface area contributed by atoms with Crippen molar-refractivity contribution < 1.29 is 29.0 Å². The number of benzene rings is 1. The van der Waals surface area contributed by atoms with E-state index in [1.807, 2.05) is 30.3 Å². The molecule has 1 aromatic carbocycles. The molecule has 0 radical (unpaired) electrons. The third-order valence-corrected chi connectivity index (χ3v) is 5.35. The largest absolute Gasteiger partial charge is 0.481 e. The highest BCUT2D eigenvalue weighted by atomic mass is 19.1. The lowest BCUT2D eigenvalue weighted by Crippen LogP contribution is -2.56. The van der Waals surface area contributed by atoms with Crippen molar-refractivity contribution in [1.82, 2.24) is 10.3 Å². The van der Waals surface area contributed by atoms with Crippen LogP contribution in [0.25, 0.3) is 10.8 Å². The van der Waals surface area contributed by atoms with Gasteiger partial charge in [-0.25, -0.2) is 4.39 Å². The van der Waals surface area contributed by atoms with E-state index in [9.17, 15) is 19.1 Å². The molecule has 1 aliphatic heterocycles. The number of pyridine rings is 1. The van der Waals surface area contributed by atoms with Crippen LogP contribution in [-0.4, -0.2) is 57.2 Å². The normalized spacial score (nSPS) is 20.5. The Morgan fingerprint density at radius 3 is 2.70 bits per heavy atom. The van der Waals surface area contributed by atoms with Crippen LogP contribution in [0.4, 0.5) is 4.39 Å². The molecule has 0 saturated heterocycles. The quantitative estimate of drug-likeness (QED) is 0.604. The third-order valence-electron chi connectivity index (χ3n) is 5.35. The van der Waals surface area contributed by atoms with Gasteiger partial charge in [0.2, 0.25) is 5.60 Å². The van der Waals surface area contributed by atoms with E-state index >= 15 is 0 Å². The molecule has 2 heterocycles. The number of nitrogens with one attached hydrogen (secondary N) is 1. The molecule has 0 aliphatic carbocycles. The Bertz CT molecular complexity index is 975. The summed E-state index contributed by atoms with van der Waals surface area (Å²) < 4.78 is 12.9. The Kier molecular flexibility index (Phi) is 6.31. The number of carboxylic acid groups (broad SMARTS) is 1. The number of aromatic nitrogens is 1. The second-order valence-electron chi connectivity index (χ2n) is 7.63. The minimum absolute atomic E-state index is 0.100. The van der Waals surface area contributed by atoms with Crippen molar-refractivity contribution in [2.75, 3.05) is 6.67 Å². The number of nitrogens with zero attached hydrogens (tertiary/aromatic N) is 2. The van der Waals surface area contributed by atoms with Crippen molar-refractivity contribution in [3.8, 4) is 0 Å². The number of oxime groups is 1. The lowest BCUT2D eigenvalue weighted by Gasteiger charge is -2.32. The molecule has 9 heteroatoms. The maximum Gasteiger partial charge on any atom is 0.305 e. The summed E-state index contributed by atoms with van der Waals surface area (Å²) in [7, 11) is 0. The van der Waals surface area contributed by atoms with E-state index in [0.29, 0.717) is 11.4 Å². The van der Waals surface area contributed by atoms with E-state index in [-0.39, 0.29) is 12.3 Å². The summed E-state index contributed by atoms with van der Waals surface area (Å²) in [5, 5.41) is 27.2. The molecule has 2 aromatic rings. The summed E-state index contributed by atoms with van der Waals surface area (Å²) in [5.41, 5.74) is -0.355. The number of fused-ring (bicyclic) bond motifs is 1. The first-order valence-electron chi connectivity index (χ1n) is 9.64. The van der Waals surface area contributed by atoms with Crippen LogP contribution in [0.2, 0.25) is 0 Å². The average molecular weight is 417 g/mol. The van der Waals surface area contributed by atoms with E-state index in [1.54, 1.807) is 20.0 Å². The minimum Gasteiger partial charge on any atom is -0.481 e. The van der Waals surface area contributed by atoms with Gasteiger partial charge in [0.1, 0.15) is 18.5 Å². The second kappa shape index (κ2) is 8.74. The maximum absolute atomic E-state index is 13.1. The molecule has 1 aliphatic rings. The monoisotopic (exact) mass is 417 g/mol. The minimum atomic E-state index is -1.64. The van der Waals surface area contributed by atoms with Crippen molar-refractivity contribution in [2.45, 2.75) is 44.4 Å². The van der Waals surface area contributed by atoms with E-state index in [1.165, 1.54) is 0 Å². The Morgan fingerprint density at radius 2 is 2.03 bits per heavy atom. The Labute approximate surface area is 172 Å². The van der Waals surface area contributed by atoms with Gasteiger partial charge >= 0.3 is 5.97 Å². The molecule has 3 atom stereocenters. The highest BCUT2D eigenvalue weighted by Gasteiger charge is 2.50. The van der Waals surface area contributed by atoms with Gasteiger partial charge in [-0.15, -0.1) is 0 Å². The lowest BCUT2D eigenvalue weighted by molar-refractivity contribution is -0.152. The molecule has 0 bridgehead atoms. The van der Waals surface area contributed by atoms with Gasteiger partial charge in [0.15, 0.2) is 0 Å². The number of alkyl halides is 1. The molecule has 1 amide bonds. The molecule has 8 nitrogen and oxygen atoms in total. The number of amides is 1. The number of aliphatic hydroxyl groups is 1. The topological polar surface area (TPSA) is 121 Å². The van der Waals surface area contributed by atoms with Gasteiger partial charge in [-0.2, -0.15) is 0 Å². The van der Waals surface area contributed by atoms with Crippen molar-refractivity contribution in [3.05, 3.63) is 42.2 Å². The van der Waals surface area contributed by atoms with Crippen molar-refractivity contribution in [3.63, 3.8) is 0 Å². The van der Waals surface area contributed by atoms with Gasteiger partial charge in [0.05, 0.1) is 18.2 Å². The van der Waals surface area contributed by atoms with Crippen LogP contribution in [-0.2, 0) is 14.4 Å². The number of hydrogen-bond donors (Lipinski definition) is 3. The first-order chi connectivity index (χ1) is 14.3. The van der Waals surface area contributed by atoms with Gasteiger partial charge < -0.3 is 20.4 Å². The third kappa shape index (κ3) is 4.11. The maximum atomic E-state index is 13.1. The van der Waals surface area contributed by atoms with E-state index < -0.39 is 42.7 Å². The fourth-order valence-corrected chi connectivity index (χ4v) is 3.49. The van der Waals surface area contributed by atoms with Gasteiger partial charge in [0.25, 0.3) is 5.91 Å². The summed E-state index contributed by atoms with van der Waals surface area (Å²) in [5.74, 6) is -2.27. The van der Waals surface area contributed by atoms with Gasteiger partial charge in [-0.3, -0.25) is 14.6 Å². The number of carboxylic acids is 1. The highest BCUT2D eigenvalue weighted by molar-refractivity contribution is 6.11. The van der Waals surface area contributed by atoms with Crippen LogP contribution in [0.1, 0.15) is 32.4 Å². The van der Waals surface area contributed by atoms with E-state index in [2.05, 4.69) is 15.5 Å². The van der Waals surface area contributed by atoms with Gasteiger partial charge in [-0.1, -0.05) is 43.3 Å². The Balaban J connectivity index is 1.87. The molecule has 3 N–H and O–H groups in total. The summed E-state index contributed by atoms with van der Waals surface area (Å²) in [6, 6.07) is 8.20. The zero-order valence-electron chi connectivity index (χ0n) is 16.7. The number of aliphatic carboxylic acids is 1. The highest BCUT2D eigenvalue weighted by Crippen LogP contribution is 2.35. The van der Waals surface area contributed by atoms with E-state index in [0.717, 1.165) is 10.8 Å². The molecule has 0 saturated carbocycles. The van der Waals surface area contributed by atoms with Crippen LogP contribution in [0, 0.1) is 5.92 Å². The Morgan fingerprint density at radius 1 is 1.30 bits per heavy atom. The fraction of sp³-hybridized carbons (Fsp3) is 0.429. The van der Waals surface area contributed by atoms with Gasteiger partial charge in [0, 0.05) is 23.9 Å². The number of aliphatic hydroxyl groups excluding tert-OH is 1. The molecule has 160 valence electrons.